The third-order valence-electron chi connectivity index (χ3n) is 5.37. The van der Waals surface area contributed by atoms with Crippen molar-refractivity contribution in [1.29, 1.82) is 0 Å². The molecule has 1 unspecified atom stereocenters. The number of anilines is 1. The van der Waals surface area contributed by atoms with Gasteiger partial charge in [0.25, 0.3) is 0 Å². The van der Waals surface area contributed by atoms with Crippen LogP contribution in [0.4, 0.5) is 5.13 Å². The van der Waals surface area contributed by atoms with E-state index in [-0.39, 0.29) is 17.7 Å². The summed E-state index contributed by atoms with van der Waals surface area (Å²) < 4.78 is 0. The summed E-state index contributed by atoms with van der Waals surface area (Å²) in [4.78, 5) is 25.8. The molecule has 0 aliphatic heterocycles. The van der Waals surface area contributed by atoms with Crippen LogP contribution >= 0.6 is 22.9 Å². The molecule has 8 heteroatoms. The van der Waals surface area contributed by atoms with Gasteiger partial charge >= 0.3 is 0 Å². The minimum absolute atomic E-state index is 0.0120. The number of amides is 2. The summed E-state index contributed by atoms with van der Waals surface area (Å²) in [5.74, 6) is -0.364. The molecule has 0 saturated heterocycles. The first-order valence-corrected chi connectivity index (χ1v) is 11.5. The molecule has 2 amide bonds. The summed E-state index contributed by atoms with van der Waals surface area (Å²) in [6.07, 6.45) is 4.29. The van der Waals surface area contributed by atoms with Crippen molar-refractivity contribution in [2.45, 2.75) is 38.1 Å². The van der Waals surface area contributed by atoms with Crippen LogP contribution in [0, 0.1) is 5.92 Å². The molecule has 2 N–H and O–H groups in total. The Kier molecular flexibility index (Phi) is 6.94. The van der Waals surface area contributed by atoms with Crippen molar-refractivity contribution in [2.24, 2.45) is 5.92 Å². The van der Waals surface area contributed by atoms with Gasteiger partial charge in [-0.15, -0.1) is 10.2 Å². The fourth-order valence-corrected chi connectivity index (χ4v) is 4.67. The van der Waals surface area contributed by atoms with Crippen molar-refractivity contribution in [3.8, 4) is 10.6 Å². The van der Waals surface area contributed by atoms with E-state index >= 15 is 0 Å². The molecular weight excluding hydrogens is 432 g/mol. The van der Waals surface area contributed by atoms with Crippen LogP contribution in [0.25, 0.3) is 10.6 Å². The van der Waals surface area contributed by atoms with E-state index < -0.39 is 6.04 Å². The van der Waals surface area contributed by atoms with Crippen molar-refractivity contribution in [3.05, 3.63) is 65.2 Å². The van der Waals surface area contributed by atoms with E-state index in [4.69, 9.17) is 11.6 Å². The van der Waals surface area contributed by atoms with E-state index in [9.17, 15) is 9.59 Å². The fraction of sp³-hybridized carbons (Fsp3) is 0.304. The van der Waals surface area contributed by atoms with Crippen molar-refractivity contribution in [2.75, 3.05) is 5.32 Å². The standard InChI is InChI=1S/C23H23ClN4O2S/c24-18-12-6-11-17(14-18)22-27-28-23(31-22)26-21(30)19(13-15-7-2-1-3-8-15)25-20(29)16-9-4-5-10-16/h1-3,6-8,11-12,14,16,19H,4-5,9-10,13H2,(H,25,29)(H,26,28,30). The first kappa shape index (κ1) is 21.5. The van der Waals surface area contributed by atoms with Crippen LogP contribution in [0.3, 0.4) is 0 Å². The summed E-state index contributed by atoms with van der Waals surface area (Å²) in [5.41, 5.74) is 1.81. The Balaban J connectivity index is 1.47. The molecule has 1 aliphatic rings. The van der Waals surface area contributed by atoms with E-state index in [1.165, 1.54) is 11.3 Å². The monoisotopic (exact) mass is 454 g/mol. The zero-order valence-electron chi connectivity index (χ0n) is 16.9. The predicted octanol–water partition coefficient (Wildman–Crippen LogP) is 4.71. The highest BCUT2D eigenvalue weighted by atomic mass is 35.5. The maximum absolute atomic E-state index is 13.1. The van der Waals surface area contributed by atoms with Crippen LogP contribution in [0.15, 0.2) is 54.6 Å². The third-order valence-corrected chi connectivity index (χ3v) is 6.49. The maximum Gasteiger partial charge on any atom is 0.249 e. The van der Waals surface area contributed by atoms with Gasteiger partial charge in [0, 0.05) is 22.9 Å². The smallest absolute Gasteiger partial charge is 0.249 e. The number of halogens is 1. The second-order valence-corrected chi connectivity index (χ2v) is 9.06. The lowest BCUT2D eigenvalue weighted by molar-refractivity contribution is -0.129. The molecular formula is C23H23ClN4O2S. The SMILES string of the molecule is O=C(NC(Cc1ccccc1)C(=O)Nc1nnc(-c2cccc(Cl)c2)s1)C1CCCC1. The highest BCUT2D eigenvalue weighted by Crippen LogP contribution is 2.28. The van der Waals surface area contributed by atoms with Gasteiger partial charge in [0.2, 0.25) is 16.9 Å². The lowest BCUT2D eigenvalue weighted by Crippen LogP contribution is -2.47. The lowest BCUT2D eigenvalue weighted by atomic mass is 10.0. The third kappa shape index (κ3) is 5.68. The summed E-state index contributed by atoms with van der Waals surface area (Å²) in [7, 11) is 0. The van der Waals surface area contributed by atoms with Gasteiger partial charge in [-0.05, 0) is 30.5 Å². The van der Waals surface area contributed by atoms with E-state index in [1.54, 1.807) is 12.1 Å². The Morgan fingerprint density at radius 1 is 1.06 bits per heavy atom. The van der Waals surface area contributed by atoms with Gasteiger partial charge in [0.1, 0.15) is 11.0 Å². The van der Waals surface area contributed by atoms with Crippen LogP contribution in [-0.2, 0) is 16.0 Å². The van der Waals surface area contributed by atoms with Gasteiger partial charge in [-0.3, -0.25) is 14.9 Å². The highest BCUT2D eigenvalue weighted by Gasteiger charge is 2.28. The molecule has 31 heavy (non-hydrogen) atoms. The lowest BCUT2D eigenvalue weighted by Gasteiger charge is -2.20. The average molecular weight is 455 g/mol. The zero-order valence-corrected chi connectivity index (χ0v) is 18.5. The number of rotatable bonds is 7. The largest absolute Gasteiger partial charge is 0.344 e. The number of aromatic nitrogens is 2. The van der Waals surface area contributed by atoms with Gasteiger partial charge in [0.15, 0.2) is 0 Å². The quantitative estimate of drug-likeness (QED) is 0.541. The zero-order chi connectivity index (χ0) is 21.6. The maximum atomic E-state index is 13.1. The minimum atomic E-state index is -0.686. The molecule has 6 nitrogen and oxygen atoms in total. The van der Waals surface area contributed by atoms with Gasteiger partial charge in [-0.1, -0.05) is 78.2 Å². The number of carbonyl (C=O) groups is 2. The van der Waals surface area contributed by atoms with E-state index in [2.05, 4.69) is 20.8 Å². The van der Waals surface area contributed by atoms with Crippen LogP contribution in [0.5, 0.6) is 0 Å². The summed E-state index contributed by atoms with van der Waals surface area (Å²) in [6, 6.07) is 16.3. The summed E-state index contributed by atoms with van der Waals surface area (Å²) in [5, 5.41) is 15.7. The molecule has 160 valence electrons. The molecule has 3 aromatic rings. The molecule has 0 spiro atoms. The van der Waals surface area contributed by atoms with Crippen LogP contribution in [0.1, 0.15) is 31.2 Å². The van der Waals surface area contributed by atoms with Crippen molar-refractivity contribution >= 4 is 39.9 Å². The molecule has 1 fully saturated rings. The average Bonchev–Trinajstić information content (AvgIpc) is 3.46. The molecule has 2 aromatic carbocycles. The van der Waals surface area contributed by atoms with Crippen LogP contribution in [-0.4, -0.2) is 28.1 Å². The first-order valence-electron chi connectivity index (χ1n) is 10.3. The van der Waals surface area contributed by atoms with Gasteiger partial charge in [0.05, 0.1) is 0 Å². The Morgan fingerprint density at radius 2 is 1.84 bits per heavy atom. The minimum Gasteiger partial charge on any atom is -0.344 e. The topological polar surface area (TPSA) is 84.0 Å². The van der Waals surface area contributed by atoms with Crippen LogP contribution in [0.2, 0.25) is 5.02 Å². The number of hydrogen-bond donors (Lipinski definition) is 2. The molecule has 0 radical (unpaired) electrons. The second-order valence-electron chi connectivity index (χ2n) is 7.64. The summed E-state index contributed by atoms with van der Waals surface area (Å²) in [6.45, 7) is 0. The number of hydrogen-bond acceptors (Lipinski definition) is 5. The number of carbonyl (C=O) groups excluding carboxylic acids is 2. The first-order chi connectivity index (χ1) is 15.1. The number of nitrogens with zero attached hydrogens (tertiary/aromatic N) is 2. The summed E-state index contributed by atoms with van der Waals surface area (Å²) >= 11 is 7.32. The fourth-order valence-electron chi connectivity index (χ4n) is 3.74. The molecule has 1 aliphatic carbocycles. The molecule has 0 bridgehead atoms. The predicted molar refractivity (Wildman–Crippen MR) is 123 cm³/mol. The molecule has 1 heterocycles. The Hall–Kier alpha value is -2.77. The van der Waals surface area contributed by atoms with E-state index in [1.807, 2.05) is 42.5 Å². The highest BCUT2D eigenvalue weighted by molar-refractivity contribution is 7.18. The van der Waals surface area contributed by atoms with Crippen LogP contribution < -0.4 is 10.6 Å². The molecule has 1 saturated carbocycles. The second kappa shape index (κ2) is 10.0. The van der Waals surface area contributed by atoms with Gasteiger partial charge < -0.3 is 5.32 Å². The number of benzene rings is 2. The Bertz CT molecular complexity index is 1050. The van der Waals surface area contributed by atoms with Gasteiger partial charge in [-0.2, -0.15) is 0 Å². The van der Waals surface area contributed by atoms with Crippen molar-refractivity contribution in [3.63, 3.8) is 0 Å². The van der Waals surface area contributed by atoms with Crippen molar-refractivity contribution in [1.82, 2.24) is 15.5 Å². The Morgan fingerprint density at radius 3 is 2.58 bits per heavy atom. The van der Waals surface area contributed by atoms with Gasteiger partial charge in [-0.25, -0.2) is 0 Å². The Labute approximate surface area is 190 Å². The number of nitrogens with one attached hydrogen (secondary N) is 2. The van der Waals surface area contributed by atoms with E-state index in [0.717, 1.165) is 36.8 Å². The van der Waals surface area contributed by atoms with E-state index in [0.29, 0.717) is 21.6 Å². The normalized spacial score (nSPS) is 14.9. The molecule has 4 rings (SSSR count). The van der Waals surface area contributed by atoms with Crippen molar-refractivity contribution < 1.29 is 9.59 Å². The molecule has 1 atom stereocenters. The molecule has 1 aromatic heterocycles.